The van der Waals surface area contributed by atoms with Gasteiger partial charge in [-0.25, -0.2) is 0 Å². The van der Waals surface area contributed by atoms with Crippen LogP contribution in [-0.2, 0) is 14.3 Å². The molecule has 0 bridgehead atoms. The van der Waals surface area contributed by atoms with Crippen LogP contribution in [-0.4, -0.2) is 43.2 Å². The first-order valence-corrected chi connectivity index (χ1v) is 5.24. The van der Waals surface area contributed by atoms with Crippen molar-refractivity contribution in [3.63, 3.8) is 0 Å². The largest absolute Gasteiger partial charge is 0.390 e. The Balaban J connectivity index is 2.28. The van der Waals surface area contributed by atoms with Crippen LogP contribution in [0.2, 0.25) is 0 Å². The second kappa shape index (κ2) is 6.05. The lowest BCUT2D eigenvalue weighted by molar-refractivity contribution is -0.212. The quantitative estimate of drug-likeness (QED) is 0.697. The van der Waals surface area contributed by atoms with E-state index in [9.17, 15) is 9.90 Å². The van der Waals surface area contributed by atoms with Crippen molar-refractivity contribution in [2.24, 2.45) is 0 Å². The van der Waals surface area contributed by atoms with E-state index in [-0.39, 0.29) is 18.3 Å². The molecule has 1 saturated heterocycles. The minimum absolute atomic E-state index is 0.0661. The molecule has 1 aliphatic rings. The Bertz CT molecular complexity index is 210. The molecule has 2 N–H and O–H groups in total. The molecule has 0 saturated carbocycles. The van der Waals surface area contributed by atoms with E-state index >= 15 is 0 Å². The van der Waals surface area contributed by atoms with Gasteiger partial charge < -0.3 is 19.9 Å². The van der Waals surface area contributed by atoms with Gasteiger partial charge in [0.1, 0.15) is 0 Å². The van der Waals surface area contributed by atoms with E-state index in [0.29, 0.717) is 25.8 Å². The monoisotopic (exact) mass is 217 g/mol. The van der Waals surface area contributed by atoms with Gasteiger partial charge in [-0.2, -0.15) is 0 Å². The van der Waals surface area contributed by atoms with E-state index in [1.54, 1.807) is 7.11 Å². The summed E-state index contributed by atoms with van der Waals surface area (Å²) in [7, 11) is 1.59. The van der Waals surface area contributed by atoms with Crippen LogP contribution in [0.15, 0.2) is 0 Å². The van der Waals surface area contributed by atoms with Gasteiger partial charge in [0, 0.05) is 27.0 Å². The van der Waals surface area contributed by atoms with Crippen LogP contribution < -0.4 is 5.32 Å². The van der Waals surface area contributed by atoms with E-state index in [2.05, 4.69) is 5.32 Å². The average Bonchev–Trinajstić information content (AvgIpc) is 2.20. The highest BCUT2D eigenvalue weighted by atomic mass is 16.7. The number of hydrogen-bond acceptors (Lipinski definition) is 4. The van der Waals surface area contributed by atoms with Gasteiger partial charge in [-0.15, -0.1) is 0 Å². The van der Waals surface area contributed by atoms with Crippen LogP contribution in [0.1, 0.15) is 26.2 Å². The number of hydrogen-bond donors (Lipinski definition) is 2. The number of amides is 1. The zero-order chi connectivity index (χ0) is 11.3. The van der Waals surface area contributed by atoms with Crippen molar-refractivity contribution in [3.05, 3.63) is 0 Å². The summed E-state index contributed by atoms with van der Waals surface area (Å²) in [4.78, 5) is 10.6. The Labute approximate surface area is 89.8 Å². The maximum Gasteiger partial charge on any atom is 0.216 e. The summed E-state index contributed by atoms with van der Waals surface area (Å²) in [6.07, 6.45) is 1.09. The lowest BCUT2D eigenvalue weighted by atomic mass is 10.0. The predicted octanol–water partition coefficient (Wildman–Crippen LogP) is 0.0250. The van der Waals surface area contributed by atoms with Crippen LogP contribution >= 0.6 is 0 Å². The maximum absolute atomic E-state index is 10.6. The van der Waals surface area contributed by atoms with Gasteiger partial charge in [0.25, 0.3) is 0 Å². The zero-order valence-electron chi connectivity index (χ0n) is 9.23. The lowest BCUT2D eigenvalue weighted by Gasteiger charge is -2.33. The molecule has 0 radical (unpaired) electrons. The molecule has 1 rings (SSSR count). The van der Waals surface area contributed by atoms with Crippen molar-refractivity contribution in [1.82, 2.24) is 5.32 Å². The molecule has 0 aromatic heterocycles. The van der Waals surface area contributed by atoms with Crippen molar-refractivity contribution in [2.75, 3.05) is 13.7 Å². The number of nitrogens with one attached hydrogen (secondary N) is 1. The van der Waals surface area contributed by atoms with Crippen molar-refractivity contribution in [2.45, 2.75) is 44.7 Å². The van der Waals surface area contributed by atoms with Gasteiger partial charge in [0.05, 0.1) is 12.2 Å². The molecule has 3 atom stereocenters. The second-order valence-electron chi connectivity index (χ2n) is 3.76. The van der Waals surface area contributed by atoms with Gasteiger partial charge in [0.2, 0.25) is 5.91 Å². The maximum atomic E-state index is 10.6. The first-order valence-electron chi connectivity index (χ1n) is 5.24. The number of rotatable bonds is 4. The average molecular weight is 217 g/mol. The van der Waals surface area contributed by atoms with Gasteiger partial charge in [0.15, 0.2) is 6.29 Å². The number of carbonyl (C=O) groups is 1. The first-order chi connectivity index (χ1) is 7.13. The normalized spacial score (nSPS) is 31.3. The molecule has 0 spiro atoms. The van der Waals surface area contributed by atoms with Crippen LogP contribution in [0, 0.1) is 0 Å². The highest BCUT2D eigenvalue weighted by molar-refractivity contribution is 5.72. The van der Waals surface area contributed by atoms with E-state index in [1.165, 1.54) is 6.92 Å². The third-order valence-electron chi connectivity index (χ3n) is 2.52. The minimum atomic E-state index is -0.454. The van der Waals surface area contributed by atoms with Gasteiger partial charge in [-0.1, -0.05) is 0 Å². The highest BCUT2D eigenvalue weighted by Crippen LogP contribution is 2.21. The van der Waals surface area contributed by atoms with Crippen molar-refractivity contribution in [3.8, 4) is 0 Å². The molecular weight excluding hydrogens is 198 g/mol. The van der Waals surface area contributed by atoms with Crippen LogP contribution in [0.3, 0.4) is 0 Å². The lowest BCUT2D eigenvalue weighted by Crippen LogP contribution is -2.41. The number of aliphatic hydroxyl groups is 1. The van der Waals surface area contributed by atoms with Crippen molar-refractivity contribution >= 4 is 5.91 Å². The Morgan fingerprint density at radius 2 is 2.33 bits per heavy atom. The minimum Gasteiger partial charge on any atom is -0.390 e. The van der Waals surface area contributed by atoms with E-state index in [1.807, 2.05) is 0 Å². The Kier molecular flexibility index (Phi) is 5.01. The first kappa shape index (κ1) is 12.4. The van der Waals surface area contributed by atoms with Gasteiger partial charge >= 0.3 is 0 Å². The summed E-state index contributed by atoms with van der Waals surface area (Å²) in [6.45, 7) is 1.99. The second-order valence-corrected chi connectivity index (χ2v) is 3.76. The van der Waals surface area contributed by atoms with Gasteiger partial charge in [-0.3, -0.25) is 4.79 Å². The highest BCUT2D eigenvalue weighted by Gasteiger charge is 2.29. The summed E-state index contributed by atoms with van der Waals surface area (Å²) in [6, 6.07) is 0. The Morgan fingerprint density at radius 3 is 2.93 bits per heavy atom. The van der Waals surface area contributed by atoms with E-state index in [4.69, 9.17) is 9.47 Å². The number of ether oxygens (including phenoxy) is 2. The number of methoxy groups -OCH3 is 1. The predicted molar refractivity (Wildman–Crippen MR) is 54.2 cm³/mol. The van der Waals surface area contributed by atoms with Crippen molar-refractivity contribution < 1.29 is 19.4 Å². The van der Waals surface area contributed by atoms with E-state index in [0.717, 1.165) is 0 Å². The van der Waals surface area contributed by atoms with Gasteiger partial charge in [-0.05, 0) is 12.8 Å². The fraction of sp³-hybridized carbons (Fsp3) is 0.900. The third kappa shape index (κ3) is 4.15. The van der Waals surface area contributed by atoms with E-state index < -0.39 is 6.10 Å². The summed E-state index contributed by atoms with van der Waals surface area (Å²) in [5.74, 6) is -0.0661. The summed E-state index contributed by atoms with van der Waals surface area (Å²) in [5.41, 5.74) is 0. The molecule has 5 heteroatoms. The topological polar surface area (TPSA) is 67.8 Å². The molecule has 1 aliphatic heterocycles. The zero-order valence-corrected chi connectivity index (χ0v) is 9.23. The van der Waals surface area contributed by atoms with Crippen LogP contribution in [0.25, 0.3) is 0 Å². The molecule has 15 heavy (non-hydrogen) atoms. The standard InChI is InChI=1S/C10H19NO4/c1-7(12)11-6-5-9-8(13)3-4-10(14-2)15-9/h8-10,13H,3-6H2,1-2H3,(H,11,12)/t8-,9+,10-/m0/s1. The molecule has 0 aromatic carbocycles. The number of aliphatic hydroxyl groups excluding tert-OH is 1. The molecule has 88 valence electrons. The molecule has 0 aliphatic carbocycles. The molecule has 0 unspecified atom stereocenters. The Morgan fingerprint density at radius 1 is 1.60 bits per heavy atom. The summed E-state index contributed by atoms with van der Waals surface area (Å²) >= 11 is 0. The smallest absolute Gasteiger partial charge is 0.216 e. The SMILES string of the molecule is CO[C@@H]1CC[C@H](O)[C@@H](CCNC(C)=O)O1. The molecule has 1 fully saturated rings. The van der Waals surface area contributed by atoms with Crippen LogP contribution in [0.4, 0.5) is 0 Å². The molecule has 1 heterocycles. The third-order valence-corrected chi connectivity index (χ3v) is 2.52. The van der Waals surface area contributed by atoms with Crippen molar-refractivity contribution in [1.29, 1.82) is 0 Å². The molecule has 0 aromatic rings. The molecule has 5 nitrogen and oxygen atoms in total. The summed E-state index contributed by atoms with van der Waals surface area (Å²) < 4.78 is 10.6. The summed E-state index contributed by atoms with van der Waals surface area (Å²) in [5, 5.41) is 12.3. The fourth-order valence-corrected chi connectivity index (χ4v) is 1.67. The fourth-order valence-electron chi connectivity index (χ4n) is 1.67. The number of carbonyl (C=O) groups excluding carboxylic acids is 1. The Hall–Kier alpha value is -0.650. The molecule has 1 amide bonds. The molecular formula is C10H19NO4. The van der Waals surface area contributed by atoms with Crippen LogP contribution in [0.5, 0.6) is 0 Å².